The molecule has 0 spiro atoms. The summed E-state index contributed by atoms with van der Waals surface area (Å²) in [5.41, 5.74) is 1.92. The van der Waals surface area contributed by atoms with Gasteiger partial charge in [-0.2, -0.15) is 0 Å². The van der Waals surface area contributed by atoms with E-state index in [2.05, 4.69) is 30.2 Å². The van der Waals surface area contributed by atoms with E-state index >= 15 is 0 Å². The van der Waals surface area contributed by atoms with E-state index in [-0.39, 0.29) is 17.7 Å². The highest BCUT2D eigenvalue weighted by Gasteiger charge is 2.47. The Morgan fingerprint density at radius 1 is 1.10 bits per heavy atom. The Labute approximate surface area is 183 Å². The van der Waals surface area contributed by atoms with Crippen molar-refractivity contribution in [3.8, 4) is 0 Å². The molecule has 2 amide bonds. The summed E-state index contributed by atoms with van der Waals surface area (Å²) in [4.78, 5) is 31.7. The topological polar surface area (TPSA) is 65.2 Å². The predicted molar refractivity (Wildman–Crippen MR) is 124 cm³/mol. The van der Waals surface area contributed by atoms with Crippen LogP contribution in [0.25, 0.3) is 10.9 Å². The first-order chi connectivity index (χ1) is 15.0. The van der Waals surface area contributed by atoms with Gasteiger partial charge in [-0.3, -0.25) is 9.59 Å². The van der Waals surface area contributed by atoms with Crippen molar-refractivity contribution in [1.82, 2.24) is 15.2 Å². The molecule has 2 aromatic carbocycles. The van der Waals surface area contributed by atoms with E-state index in [1.165, 1.54) is 10.9 Å². The fourth-order valence-corrected chi connectivity index (χ4v) is 4.50. The van der Waals surface area contributed by atoms with Gasteiger partial charge < -0.3 is 15.2 Å². The highest BCUT2D eigenvalue weighted by molar-refractivity contribution is 6.01. The molecular weight excluding hydrogens is 386 g/mol. The van der Waals surface area contributed by atoms with E-state index in [1.807, 2.05) is 54.7 Å². The van der Waals surface area contributed by atoms with Gasteiger partial charge in [-0.1, -0.05) is 62.4 Å². The number of carbonyl (C=O) groups is 2. The summed E-state index contributed by atoms with van der Waals surface area (Å²) in [5.74, 6) is 0.0327. The molecule has 5 heteroatoms. The lowest BCUT2D eigenvalue weighted by Crippen LogP contribution is -2.58. The maximum atomic E-state index is 13.5. The largest absolute Gasteiger partial charge is 0.361 e. The van der Waals surface area contributed by atoms with E-state index in [0.29, 0.717) is 25.1 Å². The standard InChI is InChI=1S/C26H29N3O2/c1-19(2)17-26(14-8-16-29(26)24(30)20-9-4-3-5-10-20)25(31)27-15-13-21-18-28-23-12-7-6-11-22(21)23/h3-12,14,18-19,28H,13,15-17H2,1-2H3,(H,27,31)/t26-/m1/s1. The molecule has 1 aliphatic heterocycles. The monoisotopic (exact) mass is 415 g/mol. The first-order valence-corrected chi connectivity index (χ1v) is 10.9. The lowest BCUT2D eigenvalue weighted by atomic mass is 9.87. The average molecular weight is 416 g/mol. The molecule has 1 aromatic heterocycles. The van der Waals surface area contributed by atoms with Crippen LogP contribution in [0.3, 0.4) is 0 Å². The summed E-state index contributed by atoms with van der Waals surface area (Å²) in [6.07, 6.45) is 7.16. The Bertz CT molecular complexity index is 1100. The van der Waals surface area contributed by atoms with Crippen LogP contribution in [0.4, 0.5) is 0 Å². The third kappa shape index (κ3) is 4.13. The summed E-state index contributed by atoms with van der Waals surface area (Å²) in [5, 5.41) is 4.29. The number of para-hydroxylation sites is 1. The molecule has 2 heterocycles. The molecular formula is C26H29N3O2. The van der Waals surface area contributed by atoms with E-state index in [1.54, 1.807) is 17.0 Å². The second kappa shape index (κ2) is 8.80. The van der Waals surface area contributed by atoms with Crippen LogP contribution in [-0.2, 0) is 11.2 Å². The minimum absolute atomic E-state index is 0.112. The van der Waals surface area contributed by atoms with Gasteiger partial charge >= 0.3 is 0 Å². The second-order valence-corrected chi connectivity index (χ2v) is 8.57. The Balaban J connectivity index is 1.51. The number of nitrogens with one attached hydrogen (secondary N) is 2. The number of hydrogen-bond acceptors (Lipinski definition) is 2. The van der Waals surface area contributed by atoms with Crippen LogP contribution in [0.1, 0.15) is 36.2 Å². The molecule has 0 saturated heterocycles. The highest BCUT2D eigenvalue weighted by atomic mass is 16.2. The number of aromatic amines is 1. The summed E-state index contributed by atoms with van der Waals surface area (Å²) in [6, 6.07) is 17.3. The number of nitrogens with zero attached hydrogens (tertiary/aromatic N) is 1. The number of carbonyl (C=O) groups excluding carboxylic acids is 2. The van der Waals surface area contributed by atoms with Crippen LogP contribution in [0.2, 0.25) is 0 Å². The molecule has 0 saturated carbocycles. The summed E-state index contributed by atoms with van der Waals surface area (Å²) < 4.78 is 0. The van der Waals surface area contributed by atoms with Gasteiger partial charge in [0.15, 0.2) is 0 Å². The van der Waals surface area contributed by atoms with E-state index in [9.17, 15) is 9.59 Å². The molecule has 0 aliphatic carbocycles. The first-order valence-electron chi connectivity index (χ1n) is 10.9. The number of benzene rings is 2. The maximum absolute atomic E-state index is 13.5. The van der Waals surface area contributed by atoms with Gasteiger partial charge in [0, 0.05) is 35.8 Å². The summed E-state index contributed by atoms with van der Waals surface area (Å²) in [6.45, 7) is 5.12. The van der Waals surface area contributed by atoms with Gasteiger partial charge in [0.1, 0.15) is 5.54 Å². The van der Waals surface area contributed by atoms with Crippen LogP contribution in [-0.4, -0.2) is 40.3 Å². The van der Waals surface area contributed by atoms with Gasteiger partial charge in [0.2, 0.25) is 5.91 Å². The normalized spacial score (nSPS) is 18.1. The van der Waals surface area contributed by atoms with E-state index < -0.39 is 5.54 Å². The minimum atomic E-state index is -0.957. The molecule has 0 bridgehead atoms. The number of amides is 2. The van der Waals surface area contributed by atoms with Crippen LogP contribution in [0.5, 0.6) is 0 Å². The molecule has 5 nitrogen and oxygen atoms in total. The SMILES string of the molecule is CC(C)C[C@@]1(C(=O)NCCc2c[nH]c3ccccc23)C=CCN1C(=O)c1ccccc1. The molecule has 160 valence electrons. The zero-order valence-electron chi connectivity index (χ0n) is 18.1. The molecule has 0 radical (unpaired) electrons. The van der Waals surface area contributed by atoms with Crippen molar-refractivity contribution in [2.24, 2.45) is 5.92 Å². The Morgan fingerprint density at radius 3 is 2.61 bits per heavy atom. The average Bonchev–Trinajstić information content (AvgIpc) is 3.38. The third-order valence-corrected chi connectivity index (χ3v) is 5.90. The van der Waals surface area contributed by atoms with E-state index in [0.717, 1.165) is 11.9 Å². The Morgan fingerprint density at radius 2 is 1.84 bits per heavy atom. The predicted octanol–water partition coefficient (Wildman–Crippen LogP) is 4.32. The van der Waals surface area contributed by atoms with Crippen LogP contribution < -0.4 is 5.32 Å². The quantitative estimate of drug-likeness (QED) is 0.564. The number of aromatic nitrogens is 1. The lowest BCUT2D eigenvalue weighted by Gasteiger charge is -2.38. The number of fused-ring (bicyclic) bond motifs is 1. The fraction of sp³-hybridized carbons (Fsp3) is 0.308. The van der Waals surface area contributed by atoms with Crippen LogP contribution in [0.15, 0.2) is 72.9 Å². The van der Waals surface area contributed by atoms with Crippen molar-refractivity contribution in [2.45, 2.75) is 32.2 Å². The summed E-state index contributed by atoms with van der Waals surface area (Å²) in [7, 11) is 0. The molecule has 1 aliphatic rings. The zero-order chi connectivity index (χ0) is 21.8. The Kier molecular flexibility index (Phi) is 5.94. The third-order valence-electron chi connectivity index (χ3n) is 5.90. The van der Waals surface area contributed by atoms with Crippen molar-refractivity contribution in [1.29, 1.82) is 0 Å². The van der Waals surface area contributed by atoms with Gasteiger partial charge in [0.25, 0.3) is 5.91 Å². The van der Waals surface area contributed by atoms with Crippen molar-refractivity contribution in [2.75, 3.05) is 13.1 Å². The zero-order valence-corrected chi connectivity index (χ0v) is 18.1. The van der Waals surface area contributed by atoms with Crippen LogP contribution >= 0.6 is 0 Å². The lowest BCUT2D eigenvalue weighted by molar-refractivity contribution is -0.129. The molecule has 0 unspecified atom stereocenters. The van der Waals surface area contributed by atoms with Gasteiger partial charge in [0.05, 0.1) is 0 Å². The minimum Gasteiger partial charge on any atom is -0.361 e. The van der Waals surface area contributed by atoms with E-state index in [4.69, 9.17) is 0 Å². The number of rotatable bonds is 7. The number of H-pyrrole nitrogens is 1. The maximum Gasteiger partial charge on any atom is 0.255 e. The molecule has 1 atom stereocenters. The fourth-order valence-electron chi connectivity index (χ4n) is 4.50. The van der Waals surface area contributed by atoms with Gasteiger partial charge in [-0.05, 0) is 42.5 Å². The summed E-state index contributed by atoms with van der Waals surface area (Å²) >= 11 is 0. The molecule has 31 heavy (non-hydrogen) atoms. The van der Waals surface area contributed by atoms with Crippen molar-refractivity contribution in [3.63, 3.8) is 0 Å². The highest BCUT2D eigenvalue weighted by Crippen LogP contribution is 2.32. The van der Waals surface area contributed by atoms with Crippen molar-refractivity contribution >= 4 is 22.7 Å². The number of hydrogen-bond donors (Lipinski definition) is 2. The molecule has 3 aromatic rings. The van der Waals surface area contributed by atoms with Crippen molar-refractivity contribution in [3.05, 3.63) is 84.1 Å². The second-order valence-electron chi connectivity index (χ2n) is 8.57. The van der Waals surface area contributed by atoms with Gasteiger partial charge in [-0.15, -0.1) is 0 Å². The van der Waals surface area contributed by atoms with Crippen LogP contribution in [0, 0.1) is 5.92 Å². The molecule has 4 rings (SSSR count). The van der Waals surface area contributed by atoms with Crippen molar-refractivity contribution < 1.29 is 9.59 Å². The molecule has 0 fully saturated rings. The first kappa shape index (κ1) is 20.9. The molecule has 2 N–H and O–H groups in total. The smallest absolute Gasteiger partial charge is 0.255 e. The van der Waals surface area contributed by atoms with Gasteiger partial charge in [-0.25, -0.2) is 0 Å². The Hall–Kier alpha value is -3.34.